The van der Waals surface area contributed by atoms with E-state index < -0.39 is 10.0 Å². The van der Waals surface area contributed by atoms with Gasteiger partial charge >= 0.3 is 0 Å². The van der Waals surface area contributed by atoms with Crippen LogP contribution in [0.15, 0.2) is 0 Å². The van der Waals surface area contributed by atoms with Crippen molar-refractivity contribution < 1.29 is 8.42 Å². The van der Waals surface area contributed by atoms with E-state index in [4.69, 9.17) is 0 Å². The summed E-state index contributed by atoms with van der Waals surface area (Å²) in [6.45, 7) is 11.4. The molecule has 1 unspecified atom stereocenters. The fraction of sp³-hybridized carbons (Fsp3) is 1.00. The largest absolute Gasteiger partial charge is 0.315 e. The molecule has 1 aliphatic heterocycles. The Morgan fingerprint density at radius 2 is 1.72 bits per heavy atom. The predicted molar refractivity (Wildman–Crippen MR) is 75.2 cm³/mol. The number of piperazine rings is 1. The average Bonchev–Trinajstić information content (AvgIpc) is 2.28. The fourth-order valence-electron chi connectivity index (χ4n) is 2.45. The molecule has 0 aromatic heterocycles. The summed E-state index contributed by atoms with van der Waals surface area (Å²) in [5.74, 6) is 0.578. The third kappa shape index (κ3) is 4.50. The SMILES string of the molecule is CCNCC(C(C)C)N1CCN(S(C)(=O)=O)CC1. The van der Waals surface area contributed by atoms with Crippen LogP contribution >= 0.6 is 0 Å². The molecule has 1 atom stereocenters. The van der Waals surface area contributed by atoms with Crippen LogP contribution in [0, 0.1) is 5.92 Å². The first-order valence-electron chi connectivity index (χ1n) is 6.76. The number of nitrogens with one attached hydrogen (secondary N) is 1. The first kappa shape index (κ1) is 15.9. The van der Waals surface area contributed by atoms with Gasteiger partial charge in [-0.05, 0) is 12.5 Å². The van der Waals surface area contributed by atoms with Gasteiger partial charge < -0.3 is 5.32 Å². The highest BCUT2D eigenvalue weighted by Gasteiger charge is 2.28. The summed E-state index contributed by atoms with van der Waals surface area (Å²) in [4.78, 5) is 2.41. The van der Waals surface area contributed by atoms with Gasteiger partial charge in [-0.3, -0.25) is 4.90 Å². The highest BCUT2D eigenvalue weighted by molar-refractivity contribution is 7.88. The lowest BCUT2D eigenvalue weighted by Gasteiger charge is -2.40. The van der Waals surface area contributed by atoms with Crippen LogP contribution in [0.2, 0.25) is 0 Å². The van der Waals surface area contributed by atoms with Crippen LogP contribution in [0.5, 0.6) is 0 Å². The Balaban J connectivity index is 2.53. The van der Waals surface area contributed by atoms with Gasteiger partial charge in [0, 0.05) is 38.8 Å². The molecule has 5 nitrogen and oxygen atoms in total. The van der Waals surface area contributed by atoms with Crippen LogP contribution in [0.1, 0.15) is 20.8 Å². The zero-order valence-corrected chi connectivity index (χ0v) is 12.8. The molecule has 18 heavy (non-hydrogen) atoms. The van der Waals surface area contributed by atoms with Crippen LogP contribution in [0.25, 0.3) is 0 Å². The van der Waals surface area contributed by atoms with Crippen molar-refractivity contribution in [3.05, 3.63) is 0 Å². The summed E-state index contributed by atoms with van der Waals surface area (Å²) in [5.41, 5.74) is 0. The summed E-state index contributed by atoms with van der Waals surface area (Å²) in [5, 5.41) is 3.39. The average molecular weight is 277 g/mol. The van der Waals surface area contributed by atoms with Crippen molar-refractivity contribution in [3.63, 3.8) is 0 Å². The fourth-order valence-corrected chi connectivity index (χ4v) is 3.27. The molecule has 0 aromatic rings. The molecule has 1 fully saturated rings. The van der Waals surface area contributed by atoms with Crippen molar-refractivity contribution in [3.8, 4) is 0 Å². The summed E-state index contributed by atoms with van der Waals surface area (Å²) < 4.78 is 24.5. The second-order valence-corrected chi connectivity index (χ2v) is 7.30. The number of sulfonamides is 1. The predicted octanol–water partition coefficient (Wildman–Crippen LogP) is 0.198. The molecule has 0 bridgehead atoms. The molecule has 0 aromatic carbocycles. The monoisotopic (exact) mass is 277 g/mol. The molecule has 1 N–H and O–H groups in total. The van der Waals surface area contributed by atoms with E-state index in [0.29, 0.717) is 25.0 Å². The second-order valence-electron chi connectivity index (χ2n) is 5.32. The Morgan fingerprint density at radius 1 is 1.17 bits per heavy atom. The molecule has 1 saturated heterocycles. The topological polar surface area (TPSA) is 52.6 Å². The molecule has 0 saturated carbocycles. The minimum atomic E-state index is -3.02. The third-order valence-corrected chi connectivity index (χ3v) is 4.89. The van der Waals surface area contributed by atoms with E-state index in [1.807, 2.05) is 0 Å². The van der Waals surface area contributed by atoms with Crippen LogP contribution in [0.4, 0.5) is 0 Å². The molecule has 1 aliphatic rings. The van der Waals surface area contributed by atoms with Crippen molar-refractivity contribution in [1.29, 1.82) is 0 Å². The molecule has 1 rings (SSSR count). The van der Waals surface area contributed by atoms with Gasteiger partial charge in [0.05, 0.1) is 6.26 Å². The van der Waals surface area contributed by atoms with E-state index in [9.17, 15) is 8.42 Å². The first-order valence-corrected chi connectivity index (χ1v) is 8.61. The van der Waals surface area contributed by atoms with E-state index in [2.05, 4.69) is 31.0 Å². The van der Waals surface area contributed by atoms with Crippen LogP contribution < -0.4 is 5.32 Å². The van der Waals surface area contributed by atoms with Crippen molar-refractivity contribution in [2.45, 2.75) is 26.8 Å². The Bertz CT molecular complexity index is 335. The van der Waals surface area contributed by atoms with Crippen LogP contribution in [-0.4, -0.2) is 69.2 Å². The van der Waals surface area contributed by atoms with Crippen molar-refractivity contribution in [1.82, 2.24) is 14.5 Å². The normalized spacial score (nSPS) is 21.4. The van der Waals surface area contributed by atoms with Crippen molar-refractivity contribution in [2.24, 2.45) is 5.92 Å². The molecular weight excluding hydrogens is 250 g/mol. The van der Waals surface area contributed by atoms with E-state index in [0.717, 1.165) is 26.2 Å². The van der Waals surface area contributed by atoms with Crippen molar-refractivity contribution >= 4 is 10.0 Å². The molecular formula is C12H27N3O2S. The van der Waals surface area contributed by atoms with Gasteiger partial charge in [-0.25, -0.2) is 8.42 Å². The molecule has 0 amide bonds. The van der Waals surface area contributed by atoms with Crippen LogP contribution in [-0.2, 0) is 10.0 Å². The summed E-state index contributed by atoms with van der Waals surface area (Å²) in [7, 11) is -3.02. The second kappa shape index (κ2) is 6.84. The van der Waals surface area contributed by atoms with Gasteiger partial charge in [-0.1, -0.05) is 20.8 Å². The summed E-state index contributed by atoms with van der Waals surface area (Å²) >= 11 is 0. The number of rotatable bonds is 6. The van der Waals surface area contributed by atoms with Gasteiger partial charge in [0.1, 0.15) is 0 Å². The van der Waals surface area contributed by atoms with E-state index in [-0.39, 0.29) is 0 Å². The standard InChI is InChI=1S/C12H27N3O2S/c1-5-13-10-12(11(2)3)14-6-8-15(9-7-14)18(4,16)17/h11-13H,5-10H2,1-4H3. The van der Waals surface area contributed by atoms with E-state index in [1.165, 1.54) is 6.26 Å². The van der Waals surface area contributed by atoms with Crippen LogP contribution in [0.3, 0.4) is 0 Å². The lowest BCUT2D eigenvalue weighted by atomic mass is 10.0. The zero-order valence-electron chi connectivity index (χ0n) is 12.0. The maximum absolute atomic E-state index is 11.5. The number of hydrogen-bond donors (Lipinski definition) is 1. The minimum absolute atomic E-state index is 0.492. The third-order valence-electron chi connectivity index (χ3n) is 3.58. The van der Waals surface area contributed by atoms with E-state index in [1.54, 1.807) is 4.31 Å². The van der Waals surface area contributed by atoms with Gasteiger partial charge in [0.2, 0.25) is 10.0 Å². The highest BCUT2D eigenvalue weighted by atomic mass is 32.2. The quantitative estimate of drug-likeness (QED) is 0.753. The summed E-state index contributed by atoms with van der Waals surface area (Å²) in [6.07, 6.45) is 1.29. The zero-order chi connectivity index (χ0) is 13.8. The van der Waals surface area contributed by atoms with Crippen molar-refractivity contribution in [2.75, 3.05) is 45.5 Å². The van der Waals surface area contributed by atoms with Gasteiger partial charge in [0.15, 0.2) is 0 Å². The van der Waals surface area contributed by atoms with Gasteiger partial charge in [-0.15, -0.1) is 0 Å². The van der Waals surface area contributed by atoms with Gasteiger partial charge in [0.25, 0.3) is 0 Å². The number of hydrogen-bond acceptors (Lipinski definition) is 4. The number of nitrogens with zero attached hydrogens (tertiary/aromatic N) is 2. The molecule has 0 aliphatic carbocycles. The molecule has 0 radical (unpaired) electrons. The highest BCUT2D eigenvalue weighted by Crippen LogP contribution is 2.14. The molecule has 6 heteroatoms. The Kier molecular flexibility index (Phi) is 6.04. The Morgan fingerprint density at radius 3 is 2.11 bits per heavy atom. The van der Waals surface area contributed by atoms with E-state index >= 15 is 0 Å². The number of likely N-dealkylation sites (N-methyl/N-ethyl adjacent to an activating group) is 1. The Labute approximate surface area is 112 Å². The first-order chi connectivity index (χ1) is 8.36. The lowest BCUT2D eigenvalue weighted by molar-refractivity contribution is 0.108. The molecule has 108 valence electrons. The Hall–Kier alpha value is -0.170. The maximum atomic E-state index is 11.5. The summed E-state index contributed by atoms with van der Waals surface area (Å²) in [6, 6.07) is 0.492. The maximum Gasteiger partial charge on any atom is 0.211 e. The van der Waals surface area contributed by atoms with Gasteiger partial charge in [-0.2, -0.15) is 4.31 Å². The molecule has 1 heterocycles. The minimum Gasteiger partial charge on any atom is -0.315 e. The molecule has 0 spiro atoms. The smallest absolute Gasteiger partial charge is 0.211 e. The lowest BCUT2D eigenvalue weighted by Crippen LogP contribution is -2.55.